The van der Waals surface area contributed by atoms with Crippen molar-refractivity contribution >= 4 is 5.78 Å². The Balaban J connectivity index is 4.14. The van der Waals surface area contributed by atoms with Gasteiger partial charge < -0.3 is 36.0 Å². The molecule has 6 unspecified atom stereocenters. The Kier molecular flexibility index (Phi) is 12.3. The van der Waals surface area contributed by atoms with Crippen molar-refractivity contribution in [3.8, 4) is 0 Å². The van der Waals surface area contributed by atoms with E-state index < -0.39 is 37.3 Å². The molecule has 0 heterocycles. The van der Waals surface area contributed by atoms with Crippen molar-refractivity contribution in [2.45, 2.75) is 69.8 Å². The predicted molar refractivity (Wildman–Crippen MR) is 91.7 cm³/mol. The highest BCUT2D eigenvalue weighted by Gasteiger charge is 2.33. The largest absolute Gasteiger partial charge is 0.394 e. The van der Waals surface area contributed by atoms with E-state index in [1.54, 1.807) is 7.05 Å². The average molecular weight is 366 g/mol. The van der Waals surface area contributed by atoms with E-state index in [1.165, 1.54) is 0 Å². The molecule has 25 heavy (non-hydrogen) atoms. The van der Waals surface area contributed by atoms with Crippen LogP contribution in [0.15, 0.2) is 0 Å². The van der Waals surface area contributed by atoms with Crippen LogP contribution in [0.1, 0.15) is 33.1 Å². The van der Waals surface area contributed by atoms with Crippen molar-refractivity contribution in [3.05, 3.63) is 0 Å². The van der Waals surface area contributed by atoms with E-state index in [2.05, 4.69) is 10.6 Å². The molecule has 0 aromatic heterocycles. The topological polar surface area (TPSA) is 163 Å². The second-order valence-electron chi connectivity index (χ2n) is 6.51. The zero-order valence-corrected chi connectivity index (χ0v) is 15.2. The molecular weight excluding hydrogens is 332 g/mol. The second-order valence-corrected chi connectivity index (χ2v) is 6.51. The summed E-state index contributed by atoms with van der Waals surface area (Å²) in [6, 6.07) is -0.215. The van der Waals surface area contributed by atoms with Gasteiger partial charge in [-0.25, -0.2) is 0 Å². The molecule has 9 heteroatoms. The first-order chi connectivity index (χ1) is 11.7. The van der Waals surface area contributed by atoms with Gasteiger partial charge >= 0.3 is 0 Å². The standard InChI is InChI=1S/C16H34N2O7/c1-9(2)12(21)10(17-3)6-4-5-7-18-16(25)15(24)14(23)13(22)11(20)8-19/h9-11,13-20,22-25H,4-8H2,1-3H3. The summed E-state index contributed by atoms with van der Waals surface area (Å²) in [5.41, 5.74) is 0. The summed E-state index contributed by atoms with van der Waals surface area (Å²) in [7, 11) is 1.73. The van der Waals surface area contributed by atoms with Crippen LogP contribution in [0.2, 0.25) is 0 Å². The first-order valence-corrected chi connectivity index (χ1v) is 8.62. The molecule has 0 aliphatic heterocycles. The minimum absolute atomic E-state index is 0.0465. The highest BCUT2D eigenvalue weighted by molar-refractivity contribution is 5.85. The number of carbonyl (C=O) groups is 1. The monoisotopic (exact) mass is 366 g/mol. The van der Waals surface area contributed by atoms with Gasteiger partial charge in [0.1, 0.15) is 30.6 Å². The summed E-state index contributed by atoms with van der Waals surface area (Å²) >= 11 is 0. The maximum absolute atomic E-state index is 11.9. The lowest BCUT2D eigenvalue weighted by atomic mass is 9.97. The summed E-state index contributed by atoms with van der Waals surface area (Å²) in [6.07, 6.45) is -6.46. The van der Waals surface area contributed by atoms with Gasteiger partial charge in [-0.3, -0.25) is 10.1 Å². The van der Waals surface area contributed by atoms with Crippen LogP contribution in [0.4, 0.5) is 0 Å². The van der Waals surface area contributed by atoms with Gasteiger partial charge in [0.15, 0.2) is 5.78 Å². The van der Waals surface area contributed by atoms with Crippen molar-refractivity contribution in [1.29, 1.82) is 0 Å². The Bertz CT molecular complexity index is 370. The minimum Gasteiger partial charge on any atom is -0.394 e. The third-order valence-electron chi connectivity index (χ3n) is 4.14. The van der Waals surface area contributed by atoms with Gasteiger partial charge in [-0.15, -0.1) is 0 Å². The summed E-state index contributed by atoms with van der Waals surface area (Å²) in [6.45, 7) is 3.24. The normalized spacial score (nSPS) is 19.3. The van der Waals surface area contributed by atoms with E-state index >= 15 is 0 Å². The molecule has 6 atom stereocenters. The first-order valence-electron chi connectivity index (χ1n) is 8.62. The predicted octanol–water partition coefficient (Wildman–Crippen LogP) is -2.69. The van der Waals surface area contributed by atoms with Crippen LogP contribution in [0.3, 0.4) is 0 Å². The van der Waals surface area contributed by atoms with Gasteiger partial charge in [-0.1, -0.05) is 20.3 Å². The number of aliphatic hydroxyl groups excluding tert-OH is 6. The van der Waals surface area contributed by atoms with Crippen LogP contribution >= 0.6 is 0 Å². The number of nitrogens with one attached hydrogen (secondary N) is 2. The lowest BCUT2D eigenvalue weighted by Crippen LogP contribution is -2.53. The van der Waals surface area contributed by atoms with Gasteiger partial charge in [0, 0.05) is 5.92 Å². The fourth-order valence-corrected chi connectivity index (χ4v) is 2.40. The third-order valence-corrected chi connectivity index (χ3v) is 4.14. The number of unbranched alkanes of at least 4 members (excludes halogenated alkanes) is 1. The molecular formula is C16H34N2O7. The molecule has 0 aromatic rings. The molecule has 9 nitrogen and oxygen atoms in total. The summed E-state index contributed by atoms with van der Waals surface area (Å²) in [4.78, 5) is 11.9. The zero-order valence-electron chi connectivity index (χ0n) is 15.2. The zero-order chi connectivity index (χ0) is 19.6. The Hall–Kier alpha value is -0.650. The SMILES string of the molecule is CNC(CCCCNC(O)C(O)C(O)C(O)C(O)CO)C(=O)C(C)C. The number of ketones is 1. The minimum atomic E-state index is -1.82. The highest BCUT2D eigenvalue weighted by atomic mass is 16.4. The molecule has 8 N–H and O–H groups in total. The van der Waals surface area contributed by atoms with Crippen LogP contribution in [0, 0.1) is 5.92 Å². The quantitative estimate of drug-likeness (QED) is 0.121. The maximum Gasteiger partial charge on any atom is 0.152 e. The van der Waals surface area contributed by atoms with E-state index in [0.717, 1.165) is 0 Å². The van der Waals surface area contributed by atoms with E-state index in [-0.39, 0.29) is 17.7 Å². The van der Waals surface area contributed by atoms with Crippen molar-refractivity contribution in [2.75, 3.05) is 20.2 Å². The molecule has 0 aromatic carbocycles. The molecule has 150 valence electrons. The molecule has 0 saturated heterocycles. The van der Waals surface area contributed by atoms with Gasteiger partial charge in [-0.05, 0) is 26.4 Å². The van der Waals surface area contributed by atoms with E-state index in [1.807, 2.05) is 13.8 Å². The molecule has 0 aliphatic rings. The van der Waals surface area contributed by atoms with E-state index in [9.17, 15) is 30.3 Å². The van der Waals surface area contributed by atoms with E-state index in [0.29, 0.717) is 25.8 Å². The fourth-order valence-electron chi connectivity index (χ4n) is 2.40. The van der Waals surface area contributed by atoms with Crippen molar-refractivity contribution < 1.29 is 35.4 Å². The number of rotatable bonds is 14. The third kappa shape index (κ3) is 8.52. The van der Waals surface area contributed by atoms with Crippen LogP contribution < -0.4 is 10.6 Å². The number of carbonyl (C=O) groups excluding carboxylic acids is 1. The molecule has 0 radical (unpaired) electrons. The number of hydrogen-bond acceptors (Lipinski definition) is 9. The van der Waals surface area contributed by atoms with Gasteiger partial charge in [0.25, 0.3) is 0 Å². The van der Waals surface area contributed by atoms with Gasteiger partial charge in [0.2, 0.25) is 0 Å². The highest BCUT2D eigenvalue weighted by Crippen LogP contribution is 2.09. The average Bonchev–Trinajstić information content (AvgIpc) is 2.61. The number of Topliss-reactive ketones (excluding diaryl/α,β-unsaturated/α-hetero) is 1. The first kappa shape index (κ1) is 24.4. The van der Waals surface area contributed by atoms with E-state index in [4.69, 9.17) is 5.11 Å². The Morgan fingerprint density at radius 2 is 1.56 bits per heavy atom. The molecule has 0 rings (SSSR count). The number of likely N-dealkylation sites (N-methyl/N-ethyl adjacent to an activating group) is 1. The molecule has 0 bridgehead atoms. The number of hydrogen-bond donors (Lipinski definition) is 8. The summed E-state index contributed by atoms with van der Waals surface area (Å²) in [5.74, 6) is 0.0974. The van der Waals surface area contributed by atoms with Gasteiger partial charge in [0.05, 0.1) is 12.6 Å². The Morgan fingerprint density at radius 3 is 2.04 bits per heavy atom. The smallest absolute Gasteiger partial charge is 0.152 e. The Labute approximate surface area is 148 Å². The van der Waals surface area contributed by atoms with Crippen LogP contribution in [-0.2, 0) is 4.79 Å². The molecule has 0 spiro atoms. The maximum atomic E-state index is 11.9. The molecule has 0 amide bonds. The van der Waals surface area contributed by atoms with Crippen LogP contribution in [0.25, 0.3) is 0 Å². The summed E-state index contributed by atoms with van der Waals surface area (Å²) < 4.78 is 0. The lowest BCUT2D eigenvalue weighted by Gasteiger charge is -2.28. The molecule has 0 saturated carbocycles. The second kappa shape index (κ2) is 12.7. The fraction of sp³-hybridized carbons (Fsp3) is 0.938. The summed E-state index contributed by atoms with van der Waals surface area (Å²) in [5, 5.41) is 62.2. The van der Waals surface area contributed by atoms with Crippen molar-refractivity contribution in [3.63, 3.8) is 0 Å². The number of aliphatic hydroxyl groups is 6. The van der Waals surface area contributed by atoms with Crippen LogP contribution in [0.5, 0.6) is 0 Å². The molecule has 0 fully saturated rings. The van der Waals surface area contributed by atoms with Gasteiger partial charge in [-0.2, -0.15) is 0 Å². The molecule has 0 aliphatic carbocycles. The Morgan fingerprint density at radius 1 is 0.960 bits per heavy atom. The van der Waals surface area contributed by atoms with Crippen molar-refractivity contribution in [2.24, 2.45) is 5.92 Å². The lowest BCUT2D eigenvalue weighted by molar-refractivity contribution is -0.145. The van der Waals surface area contributed by atoms with Crippen LogP contribution in [-0.4, -0.2) is 93.3 Å². The van der Waals surface area contributed by atoms with Crippen molar-refractivity contribution in [1.82, 2.24) is 10.6 Å².